The summed E-state index contributed by atoms with van der Waals surface area (Å²) in [4.78, 5) is 31.2. The highest BCUT2D eigenvalue weighted by Gasteiger charge is 2.51. The molecule has 6 nitrogen and oxygen atoms in total. The maximum Gasteiger partial charge on any atom is 0.354 e. The molecule has 6 aromatic rings. The van der Waals surface area contributed by atoms with E-state index in [1.807, 2.05) is 0 Å². The summed E-state index contributed by atoms with van der Waals surface area (Å²) in [5.41, 5.74) is 12.3. The largest absolute Gasteiger partial charge is 0.477 e. The van der Waals surface area contributed by atoms with Crippen LogP contribution in [0.4, 0.5) is 0 Å². The van der Waals surface area contributed by atoms with Crippen LogP contribution in [-0.4, -0.2) is 32.1 Å². The van der Waals surface area contributed by atoms with Crippen LogP contribution in [0.2, 0.25) is 0 Å². The highest BCUT2D eigenvalue weighted by Crippen LogP contribution is 2.63. The van der Waals surface area contributed by atoms with Crippen LogP contribution in [0.3, 0.4) is 0 Å². The number of hydrogen-bond acceptors (Lipinski definition) is 4. The van der Waals surface area contributed by atoms with E-state index in [0.29, 0.717) is 0 Å². The first kappa shape index (κ1) is 24.9. The van der Waals surface area contributed by atoms with Gasteiger partial charge in [-0.15, -0.1) is 0 Å². The van der Waals surface area contributed by atoms with Gasteiger partial charge in [0.15, 0.2) is 0 Å². The molecule has 1 spiro atoms. The lowest BCUT2D eigenvalue weighted by molar-refractivity contribution is 0.0680. The molecule has 0 saturated heterocycles. The second-order valence-corrected chi connectivity index (χ2v) is 10.8. The molecule has 2 heterocycles. The fourth-order valence-corrected chi connectivity index (χ4v) is 6.88. The lowest BCUT2D eigenvalue weighted by Crippen LogP contribution is -2.26. The Balaban J connectivity index is 1.40. The molecule has 0 atom stereocenters. The SMILES string of the molecule is O=C(O)c1ccc(-c2ccc3c(c2)C2(c4ccccc4-c4ccccc42)c2cc(-c4ccc(C(=O)O)nc4)ccc2-3)cn1. The molecule has 2 aromatic heterocycles. The molecule has 8 rings (SSSR count). The van der Waals surface area contributed by atoms with Crippen molar-refractivity contribution < 1.29 is 19.8 Å². The van der Waals surface area contributed by atoms with Gasteiger partial charge in [0.1, 0.15) is 11.4 Å². The van der Waals surface area contributed by atoms with Crippen molar-refractivity contribution in [3.05, 3.63) is 155 Å². The van der Waals surface area contributed by atoms with Gasteiger partial charge in [-0.1, -0.05) is 84.9 Å². The minimum absolute atomic E-state index is 0.00541. The molecule has 2 N–H and O–H groups in total. The fraction of sp³-hybridized carbons (Fsp3) is 0.0270. The Labute approximate surface area is 246 Å². The van der Waals surface area contributed by atoms with Crippen molar-refractivity contribution in [2.24, 2.45) is 0 Å². The molecule has 0 unspecified atom stereocenters. The van der Waals surface area contributed by atoms with E-state index in [2.05, 4.69) is 94.9 Å². The number of hydrogen-bond donors (Lipinski definition) is 2. The van der Waals surface area contributed by atoms with E-state index < -0.39 is 17.4 Å². The summed E-state index contributed by atoms with van der Waals surface area (Å²) in [6, 6.07) is 36.6. The van der Waals surface area contributed by atoms with E-state index in [-0.39, 0.29) is 11.4 Å². The zero-order chi connectivity index (χ0) is 29.3. The van der Waals surface area contributed by atoms with Crippen molar-refractivity contribution in [2.45, 2.75) is 5.41 Å². The third-order valence-electron chi connectivity index (χ3n) is 8.72. The van der Waals surface area contributed by atoms with Crippen LogP contribution in [-0.2, 0) is 5.41 Å². The molecular formula is C37H22N2O4. The lowest BCUT2D eigenvalue weighted by atomic mass is 9.70. The number of nitrogens with zero attached hydrogens (tertiary/aromatic N) is 2. The zero-order valence-electron chi connectivity index (χ0n) is 22.7. The first-order valence-electron chi connectivity index (χ1n) is 13.8. The summed E-state index contributed by atoms with van der Waals surface area (Å²) in [7, 11) is 0. The Morgan fingerprint density at radius 3 is 1.26 bits per heavy atom. The van der Waals surface area contributed by atoms with E-state index >= 15 is 0 Å². The van der Waals surface area contributed by atoms with Crippen LogP contribution < -0.4 is 0 Å². The van der Waals surface area contributed by atoms with Crippen molar-refractivity contribution in [1.82, 2.24) is 9.97 Å². The third-order valence-corrected chi connectivity index (χ3v) is 8.72. The predicted molar refractivity (Wildman–Crippen MR) is 163 cm³/mol. The Hall–Kier alpha value is -5.88. The molecule has 2 aliphatic rings. The van der Waals surface area contributed by atoms with Crippen molar-refractivity contribution in [3.8, 4) is 44.5 Å². The summed E-state index contributed by atoms with van der Waals surface area (Å²) >= 11 is 0. The van der Waals surface area contributed by atoms with Crippen LogP contribution in [0.25, 0.3) is 44.5 Å². The number of fused-ring (bicyclic) bond motifs is 10. The lowest BCUT2D eigenvalue weighted by Gasteiger charge is -2.31. The van der Waals surface area contributed by atoms with Crippen molar-refractivity contribution >= 4 is 11.9 Å². The zero-order valence-corrected chi connectivity index (χ0v) is 22.7. The maximum absolute atomic E-state index is 11.4. The van der Waals surface area contributed by atoms with Gasteiger partial charge in [-0.2, -0.15) is 0 Å². The smallest absolute Gasteiger partial charge is 0.354 e. The Bertz CT molecular complexity index is 1980. The summed E-state index contributed by atoms with van der Waals surface area (Å²) in [6.45, 7) is 0. The van der Waals surface area contributed by atoms with Crippen LogP contribution in [0, 0.1) is 0 Å². The molecule has 0 radical (unpaired) electrons. The number of benzene rings is 4. The van der Waals surface area contributed by atoms with Crippen molar-refractivity contribution in [1.29, 1.82) is 0 Å². The van der Waals surface area contributed by atoms with E-state index in [0.717, 1.165) is 44.5 Å². The molecule has 0 bridgehead atoms. The Kier molecular flexibility index (Phi) is 5.24. The van der Waals surface area contributed by atoms with Gasteiger partial charge in [0.05, 0.1) is 5.41 Å². The van der Waals surface area contributed by atoms with Crippen LogP contribution in [0.1, 0.15) is 43.2 Å². The van der Waals surface area contributed by atoms with E-state index in [1.165, 1.54) is 34.4 Å². The van der Waals surface area contributed by atoms with E-state index in [1.54, 1.807) is 24.5 Å². The minimum atomic E-state index is -1.06. The molecule has 204 valence electrons. The second-order valence-electron chi connectivity index (χ2n) is 10.8. The van der Waals surface area contributed by atoms with Crippen molar-refractivity contribution in [3.63, 3.8) is 0 Å². The minimum Gasteiger partial charge on any atom is -0.477 e. The molecule has 0 amide bonds. The van der Waals surface area contributed by atoms with E-state index in [9.17, 15) is 19.8 Å². The molecule has 0 aliphatic heterocycles. The molecule has 2 aliphatic carbocycles. The van der Waals surface area contributed by atoms with Gasteiger partial charge in [0.25, 0.3) is 0 Å². The number of carboxylic acids is 2. The first-order chi connectivity index (χ1) is 21.0. The average molecular weight is 559 g/mol. The molecule has 43 heavy (non-hydrogen) atoms. The Morgan fingerprint density at radius 1 is 0.465 bits per heavy atom. The monoisotopic (exact) mass is 558 g/mol. The van der Waals surface area contributed by atoms with Gasteiger partial charge in [0.2, 0.25) is 0 Å². The van der Waals surface area contributed by atoms with Crippen LogP contribution in [0.15, 0.2) is 122 Å². The summed E-state index contributed by atoms with van der Waals surface area (Å²) in [5.74, 6) is -2.12. The quantitative estimate of drug-likeness (QED) is 0.231. The Morgan fingerprint density at radius 2 is 0.860 bits per heavy atom. The van der Waals surface area contributed by atoms with Gasteiger partial charge >= 0.3 is 11.9 Å². The van der Waals surface area contributed by atoms with Crippen LogP contribution >= 0.6 is 0 Å². The summed E-state index contributed by atoms with van der Waals surface area (Å²) in [6.07, 6.45) is 3.23. The summed E-state index contributed by atoms with van der Waals surface area (Å²) < 4.78 is 0. The topological polar surface area (TPSA) is 100 Å². The normalized spacial score (nSPS) is 13.2. The number of aromatic nitrogens is 2. The highest BCUT2D eigenvalue weighted by molar-refractivity contribution is 5.97. The molecule has 4 aromatic carbocycles. The van der Waals surface area contributed by atoms with Gasteiger partial charge in [-0.25, -0.2) is 19.6 Å². The van der Waals surface area contributed by atoms with Gasteiger partial charge in [0, 0.05) is 23.5 Å². The first-order valence-corrected chi connectivity index (χ1v) is 13.8. The molecule has 6 heteroatoms. The molecule has 0 fully saturated rings. The van der Waals surface area contributed by atoms with Gasteiger partial charge in [-0.3, -0.25) is 0 Å². The third kappa shape index (κ3) is 3.47. The number of aromatic carboxylic acids is 2. The van der Waals surface area contributed by atoms with Gasteiger partial charge in [-0.05, 0) is 79.9 Å². The van der Waals surface area contributed by atoms with E-state index in [4.69, 9.17) is 0 Å². The number of rotatable bonds is 4. The average Bonchev–Trinajstić information content (AvgIpc) is 3.51. The van der Waals surface area contributed by atoms with Crippen molar-refractivity contribution in [2.75, 3.05) is 0 Å². The number of pyridine rings is 2. The predicted octanol–water partition coefficient (Wildman–Crippen LogP) is 7.55. The van der Waals surface area contributed by atoms with Crippen LogP contribution in [0.5, 0.6) is 0 Å². The number of carboxylic acid groups (broad SMARTS) is 2. The number of carbonyl (C=O) groups is 2. The van der Waals surface area contributed by atoms with Gasteiger partial charge < -0.3 is 10.2 Å². The standard InChI is InChI=1S/C37H22N2O4/c40-35(41)33-15-11-23(19-38-33)21-9-13-27-28-14-10-22(24-12-16-34(36(42)43)39-20-24)18-32(28)37(31(27)17-21)29-7-3-1-5-25(29)26-6-2-4-8-30(26)37/h1-20H,(H,40,41)(H,42,43). The highest BCUT2D eigenvalue weighted by atomic mass is 16.4. The summed E-state index contributed by atoms with van der Waals surface area (Å²) in [5, 5.41) is 18.7. The molecule has 0 saturated carbocycles. The second kappa shape index (κ2) is 9.06. The maximum atomic E-state index is 11.4. The molecular weight excluding hydrogens is 536 g/mol. The fourth-order valence-electron chi connectivity index (χ4n) is 6.88.